The first kappa shape index (κ1) is 18.4. The Hall–Kier alpha value is -2.44. The van der Waals surface area contributed by atoms with Crippen molar-refractivity contribution in [2.45, 2.75) is 32.1 Å². The molecular weight excluding hydrogens is 352 g/mol. The van der Waals surface area contributed by atoms with Crippen LogP contribution in [-0.2, 0) is 14.9 Å². The van der Waals surface area contributed by atoms with Gasteiger partial charge in [0.25, 0.3) is 0 Å². The third-order valence-electron chi connectivity index (χ3n) is 4.70. The molecule has 0 N–H and O–H groups in total. The molecule has 0 spiro atoms. The molecule has 0 unspecified atom stereocenters. The highest BCUT2D eigenvalue weighted by atomic mass is 32.2. The highest BCUT2D eigenvalue weighted by Gasteiger charge is 2.28. The number of ether oxygens (including phenoxy) is 1. The number of hydrogen-bond donors (Lipinski definition) is 0. The molecule has 3 aromatic rings. The number of benzene rings is 3. The minimum atomic E-state index is -4.57. The number of rotatable bonds is 4. The topological polar surface area (TPSA) is 83.5 Å². The van der Waals surface area contributed by atoms with Gasteiger partial charge in [0.2, 0.25) is 0 Å². The molecule has 0 saturated carbocycles. The molecule has 5 nitrogen and oxygen atoms in total. The quantitative estimate of drug-likeness (QED) is 0.296. The van der Waals surface area contributed by atoms with Crippen LogP contribution < -0.4 is 4.74 Å². The van der Waals surface area contributed by atoms with Gasteiger partial charge < -0.3 is 9.29 Å². The lowest BCUT2D eigenvalue weighted by Gasteiger charge is -2.22. The van der Waals surface area contributed by atoms with Gasteiger partial charge in [-0.05, 0) is 55.3 Å². The first-order valence-corrected chi connectivity index (χ1v) is 9.68. The van der Waals surface area contributed by atoms with Crippen LogP contribution in [0.3, 0.4) is 0 Å². The molecule has 0 radical (unpaired) electrons. The van der Waals surface area contributed by atoms with Gasteiger partial charge in [0.05, 0.1) is 10.3 Å². The molecule has 0 amide bonds. The highest BCUT2D eigenvalue weighted by Crippen LogP contribution is 2.37. The molecule has 6 heteroatoms. The fourth-order valence-corrected chi connectivity index (χ4v) is 3.16. The van der Waals surface area contributed by atoms with Crippen LogP contribution in [-0.4, -0.2) is 18.9 Å². The van der Waals surface area contributed by atoms with Crippen molar-refractivity contribution in [3.63, 3.8) is 0 Å². The Kier molecular flexibility index (Phi) is 4.50. The fourth-order valence-electron chi connectivity index (χ4n) is 2.65. The average Bonchev–Trinajstić information content (AvgIpc) is 2.60. The summed E-state index contributed by atoms with van der Waals surface area (Å²) in [5.41, 5.74) is -0.651. The van der Waals surface area contributed by atoms with E-state index < -0.39 is 15.5 Å². The molecule has 0 aliphatic carbocycles. The second-order valence-corrected chi connectivity index (χ2v) is 8.27. The highest BCUT2D eigenvalue weighted by molar-refractivity contribution is 7.85. The van der Waals surface area contributed by atoms with Crippen LogP contribution in [0.5, 0.6) is 5.75 Å². The minimum absolute atomic E-state index is 0.313. The molecule has 136 valence electrons. The molecule has 0 aromatic heterocycles. The predicted octanol–water partition coefficient (Wildman–Crippen LogP) is 4.24. The SMILES string of the molecule is CCC(C)(C)C(=O)Oc1c2ccccc2cc2cc(S(=O)(=O)[O-])ccc12. The summed E-state index contributed by atoms with van der Waals surface area (Å²) in [4.78, 5) is 12.3. The molecule has 0 bridgehead atoms. The van der Waals surface area contributed by atoms with Crippen molar-refractivity contribution >= 4 is 37.6 Å². The van der Waals surface area contributed by atoms with Gasteiger partial charge in [0.15, 0.2) is 0 Å². The lowest BCUT2D eigenvalue weighted by Crippen LogP contribution is -2.28. The summed E-state index contributed by atoms with van der Waals surface area (Å²) < 4.78 is 39.8. The number of esters is 1. The van der Waals surface area contributed by atoms with Crippen LogP contribution in [0.25, 0.3) is 21.5 Å². The van der Waals surface area contributed by atoms with Crippen LogP contribution in [0.2, 0.25) is 0 Å². The standard InChI is InChI=1S/C20H20O5S/c1-4-20(2,3)19(21)25-18-16-8-6-5-7-13(16)11-14-12-15(26(22,23)24)9-10-17(14)18/h5-12H,4H2,1-3H3,(H,22,23,24)/p-1. The van der Waals surface area contributed by atoms with Gasteiger partial charge >= 0.3 is 5.97 Å². The molecule has 26 heavy (non-hydrogen) atoms. The Bertz CT molecular complexity index is 1110. The molecule has 3 rings (SSSR count). The summed E-state index contributed by atoms with van der Waals surface area (Å²) in [6, 6.07) is 13.2. The van der Waals surface area contributed by atoms with Crippen molar-refractivity contribution in [2.24, 2.45) is 5.41 Å². The molecule has 0 aliphatic rings. The van der Waals surface area contributed by atoms with E-state index in [0.717, 1.165) is 10.8 Å². The van der Waals surface area contributed by atoms with Gasteiger partial charge in [-0.25, -0.2) is 8.42 Å². The largest absolute Gasteiger partial charge is 0.744 e. The first-order chi connectivity index (χ1) is 12.1. The Morgan fingerprint density at radius 1 is 1.04 bits per heavy atom. The second-order valence-electron chi connectivity index (χ2n) is 6.89. The Morgan fingerprint density at radius 3 is 2.35 bits per heavy atom. The second kappa shape index (κ2) is 6.37. The van der Waals surface area contributed by atoms with Crippen LogP contribution in [0.4, 0.5) is 0 Å². The summed E-state index contributed by atoms with van der Waals surface area (Å²) >= 11 is 0. The van der Waals surface area contributed by atoms with Crippen molar-refractivity contribution in [3.05, 3.63) is 48.5 Å². The molecule has 0 saturated heterocycles. The van der Waals surface area contributed by atoms with Crippen LogP contribution >= 0.6 is 0 Å². The zero-order valence-corrected chi connectivity index (χ0v) is 15.6. The van der Waals surface area contributed by atoms with E-state index in [1.54, 1.807) is 6.07 Å². The maximum absolute atomic E-state index is 12.6. The van der Waals surface area contributed by atoms with Gasteiger partial charge in [-0.2, -0.15) is 0 Å². The van der Waals surface area contributed by atoms with E-state index >= 15 is 0 Å². The van der Waals surface area contributed by atoms with Gasteiger partial charge in [-0.1, -0.05) is 31.2 Å². The lowest BCUT2D eigenvalue weighted by molar-refractivity contribution is -0.143. The smallest absolute Gasteiger partial charge is 0.316 e. The summed E-state index contributed by atoms with van der Waals surface area (Å²) in [6.07, 6.45) is 0.618. The lowest BCUT2D eigenvalue weighted by atomic mass is 9.90. The van der Waals surface area contributed by atoms with Gasteiger partial charge in [-0.3, -0.25) is 4.79 Å². The predicted molar refractivity (Wildman–Crippen MR) is 99.1 cm³/mol. The molecule has 0 heterocycles. The van der Waals surface area contributed by atoms with Gasteiger partial charge in [0.1, 0.15) is 15.9 Å². The van der Waals surface area contributed by atoms with Crippen molar-refractivity contribution in [3.8, 4) is 5.75 Å². The zero-order chi connectivity index (χ0) is 19.1. The Balaban J connectivity index is 2.28. The molecule has 0 atom stereocenters. The van der Waals surface area contributed by atoms with E-state index in [1.165, 1.54) is 18.2 Å². The molecular formula is C20H19O5S-. The normalized spacial score (nSPS) is 12.5. The Labute approximate surface area is 152 Å². The first-order valence-electron chi connectivity index (χ1n) is 8.27. The number of hydrogen-bond acceptors (Lipinski definition) is 5. The third kappa shape index (κ3) is 3.30. The average molecular weight is 371 g/mol. The van der Waals surface area contributed by atoms with E-state index in [9.17, 15) is 17.8 Å². The van der Waals surface area contributed by atoms with Crippen molar-refractivity contribution < 1.29 is 22.5 Å². The van der Waals surface area contributed by atoms with Gasteiger partial charge in [0, 0.05) is 10.8 Å². The molecule has 0 aliphatic heterocycles. The molecule has 0 fully saturated rings. The van der Waals surface area contributed by atoms with Crippen LogP contribution in [0.1, 0.15) is 27.2 Å². The summed E-state index contributed by atoms with van der Waals surface area (Å²) in [5.74, 6) is 0.0117. The van der Waals surface area contributed by atoms with E-state index in [1.807, 2.05) is 45.0 Å². The number of carbonyl (C=O) groups is 1. The maximum atomic E-state index is 12.6. The van der Waals surface area contributed by atoms with E-state index in [4.69, 9.17) is 4.74 Å². The van der Waals surface area contributed by atoms with Crippen LogP contribution in [0, 0.1) is 5.41 Å². The molecule has 3 aromatic carbocycles. The fraction of sp³-hybridized carbons (Fsp3) is 0.250. The van der Waals surface area contributed by atoms with Gasteiger partial charge in [-0.15, -0.1) is 0 Å². The summed E-state index contributed by atoms with van der Waals surface area (Å²) in [5, 5.41) is 2.64. The van der Waals surface area contributed by atoms with E-state index in [0.29, 0.717) is 22.9 Å². The maximum Gasteiger partial charge on any atom is 0.316 e. The van der Waals surface area contributed by atoms with Crippen molar-refractivity contribution in [1.82, 2.24) is 0 Å². The van der Waals surface area contributed by atoms with E-state index in [2.05, 4.69) is 0 Å². The summed E-state index contributed by atoms with van der Waals surface area (Å²) in [6.45, 7) is 5.53. The summed E-state index contributed by atoms with van der Waals surface area (Å²) in [7, 11) is -4.57. The third-order valence-corrected chi connectivity index (χ3v) is 5.54. The Morgan fingerprint density at radius 2 is 1.69 bits per heavy atom. The minimum Gasteiger partial charge on any atom is -0.744 e. The zero-order valence-electron chi connectivity index (χ0n) is 14.8. The van der Waals surface area contributed by atoms with Crippen molar-refractivity contribution in [1.29, 1.82) is 0 Å². The monoisotopic (exact) mass is 371 g/mol. The number of fused-ring (bicyclic) bond motifs is 2. The van der Waals surface area contributed by atoms with E-state index in [-0.39, 0.29) is 10.9 Å². The van der Waals surface area contributed by atoms with Crippen LogP contribution in [0.15, 0.2) is 53.4 Å². The number of carbonyl (C=O) groups excluding carboxylic acids is 1. The van der Waals surface area contributed by atoms with Crippen molar-refractivity contribution in [2.75, 3.05) is 0 Å².